The van der Waals surface area contributed by atoms with Crippen molar-refractivity contribution in [2.45, 2.75) is 19.8 Å². The highest BCUT2D eigenvalue weighted by molar-refractivity contribution is 5.74. The van der Waals surface area contributed by atoms with E-state index in [9.17, 15) is 9.28 Å². The monoisotopic (exact) mass is 149 g/mol. The summed E-state index contributed by atoms with van der Waals surface area (Å²) in [5, 5.41) is 0. The van der Waals surface area contributed by atoms with Crippen molar-refractivity contribution in [1.29, 1.82) is 0 Å². The Bertz CT molecular complexity index is 97.7. The number of carbonyl (C=O) groups is 1. The Balaban J connectivity index is 2.96. The molecule has 1 N–H and O–H groups in total. The van der Waals surface area contributed by atoms with Crippen LogP contribution in [0, 0.1) is 0 Å². The van der Waals surface area contributed by atoms with Crippen molar-refractivity contribution in [3.05, 3.63) is 0 Å². The summed E-state index contributed by atoms with van der Waals surface area (Å²) in [4.78, 5) is 10.2. The van der Waals surface area contributed by atoms with Gasteiger partial charge in [-0.25, -0.2) is 0 Å². The highest BCUT2D eigenvalue weighted by Gasteiger charge is 1.97. The molecule has 0 atom stereocenters. The van der Waals surface area contributed by atoms with Crippen LogP contribution in [0.1, 0.15) is 19.8 Å². The first-order chi connectivity index (χ1) is 4.81. The van der Waals surface area contributed by atoms with Crippen LogP contribution in [0.25, 0.3) is 0 Å². The van der Waals surface area contributed by atoms with E-state index in [0.29, 0.717) is 19.6 Å². The molecule has 3 nitrogen and oxygen atoms in total. The van der Waals surface area contributed by atoms with Crippen LogP contribution in [0.5, 0.6) is 0 Å². The van der Waals surface area contributed by atoms with Crippen molar-refractivity contribution in [2.75, 3.05) is 13.2 Å². The van der Waals surface area contributed by atoms with Gasteiger partial charge in [-0.1, -0.05) is 0 Å². The van der Waals surface area contributed by atoms with Crippen LogP contribution < -0.4 is 5.54 Å². The summed E-state index contributed by atoms with van der Waals surface area (Å²) in [6, 6.07) is 0. The number of rotatable bonds is 5. The number of amides is 1. The van der Waals surface area contributed by atoms with Gasteiger partial charge >= 0.3 is 0 Å². The molecule has 0 heterocycles. The van der Waals surface area contributed by atoms with Crippen LogP contribution >= 0.6 is 0 Å². The van der Waals surface area contributed by atoms with Gasteiger partial charge in [-0.05, 0) is 13.3 Å². The molecule has 0 aliphatic heterocycles. The largest absolute Gasteiger partial charge is 0.382 e. The summed E-state index contributed by atoms with van der Waals surface area (Å²) in [6.07, 6.45) is 0.764. The Labute approximate surface area is 59.5 Å². The molecule has 0 aliphatic carbocycles. The zero-order valence-corrected chi connectivity index (χ0v) is 6.02. The van der Waals surface area contributed by atoms with Crippen molar-refractivity contribution < 1.29 is 14.0 Å². The van der Waals surface area contributed by atoms with E-state index in [1.165, 1.54) is 0 Å². The molecule has 0 unspecified atom stereocenters. The third-order valence-electron chi connectivity index (χ3n) is 1.00. The molecule has 0 aromatic carbocycles. The van der Waals surface area contributed by atoms with Crippen molar-refractivity contribution in [3.63, 3.8) is 0 Å². The molecule has 0 spiro atoms. The Morgan fingerprint density at radius 3 is 2.90 bits per heavy atom. The van der Waals surface area contributed by atoms with Gasteiger partial charge in [0, 0.05) is 19.6 Å². The fourth-order valence-corrected chi connectivity index (χ4v) is 0.526. The van der Waals surface area contributed by atoms with E-state index >= 15 is 0 Å². The summed E-state index contributed by atoms with van der Waals surface area (Å²) in [7, 11) is 0. The van der Waals surface area contributed by atoms with Gasteiger partial charge in [-0.2, -0.15) is 5.54 Å². The molecular weight excluding hydrogens is 137 g/mol. The SMILES string of the molecule is CCOCCCC(=O)NF. The van der Waals surface area contributed by atoms with Gasteiger partial charge in [0.05, 0.1) is 0 Å². The Hall–Kier alpha value is -0.640. The average Bonchev–Trinajstić information content (AvgIpc) is 1.98. The predicted molar refractivity (Wildman–Crippen MR) is 35.0 cm³/mol. The van der Waals surface area contributed by atoms with E-state index in [4.69, 9.17) is 4.74 Å². The van der Waals surface area contributed by atoms with Crippen molar-refractivity contribution in [2.24, 2.45) is 0 Å². The molecule has 4 heteroatoms. The van der Waals surface area contributed by atoms with Gasteiger partial charge < -0.3 is 4.74 Å². The Morgan fingerprint density at radius 2 is 2.40 bits per heavy atom. The van der Waals surface area contributed by atoms with Gasteiger partial charge in [0.1, 0.15) is 0 Å². The van der Waals surface area contributed by atoms with E-state index in [2.05, 4.69) is 0 Å². The molecule has 0 radical (unpaired) electrons. The second-order valence-corrected chi connectivity index (χ2v) is 1.82. The number of halogens is 1. The quantitative estimate of drug-likeness (QED) is 0.464. The second-order valence-electron chi connectivity index (χ2n) is 1.82. The zero-order chi connectivity index (χ0) is 7.82. The molecule has 0 aromatic heterocycles. The maximum Gasteiger partial charge on any atom is 0.247 e. The molecule has 0 aliphatic rings. The molecule has 0 bridgehead atoms. The average molecular weight is 149 g/mol. The first-order valence-electron chi connectivity index (χ1n) is 3.28. The predicted octanol–water partition coefficient (Wildman–Crippen LogP) is 0.804. The first-order valence-corrected chi connectivity index (χ1v) is 3.28. The van der Waals surface area contributed by atoms with Crippen LogP contribution in [0.3, 0.4) is 0 Å². The minimum Gasteiger partial charge on any atom is -0.382 e. The molecular formula is C6H12FNO2. The molecule has 0 aromatic rings. The van der Waals surface area contributed by atoms with E-state index in [1.807, 2.05) is 6.92 Å². The number of carbonyl (C=O) groups excluding carboxylic acids is 1. The van der Waals surface area contributed by atoms with Gasteiger partial charge in [0.15, 0.2) is 0 Å². The van der Waals surface area contributed by atoms with E-state index in [1.54, 1.807) is 0 Å². The van der Waals surface area contributed by atoms with Gasteiger partial charge in [-0.3, -0.25) is 4.79 Å². The maximum absolute atomic E-state index is 11.3. The third-order valence-corrected chi connectivity index (χ3v) is 1.00. The van der Waals surface area contributed by atoms with Crippen LogP contribution in [0.2, 0.25) is 0 Å². The van der Waals surface area contributed by atoms with Gasteiger partial charge in [-0.15, -0.1) is 4.48 Å². The molecule has 0 fully saturated rings. The van der Waals surface area contributed by atoms with Crippen molar-refractivity contribution in [3.8, 4) is 0 Å². The lowest BCUT2D eigenvalue weighted by atomic mass is 10.3. The summed E-state index contributed by atoms with van der Waals surface area (Å²) in [5.41, 5.74) is 1.05. The Kier molecular flexibility index (Phi) is 6.06. The number of hydrogen-bond acceptors (Lipinski definition) is 2. The molecule has 0 saturated heterocycles. The van der Waals surface area contributed by atoms with Crippen molar-refractivity contribution >= 4 is 5.91 Å². The highest BCUT2D eigenvalue weighted by Crippen LogP contribution is 1.89. The normalized spacial score (nSPS) is 9.40. The highest BCUT2D eigenvalue weighted by atomic mass is 19.2. The molecule has 0 rings (SSSR count). The van der Waals surface area contributed by atoms with Crippen LogP contribution in [0.15, 0.2) is 0 Å². The van der Waals surface area contributed by atoms with E-state index in [0.717, 1.165) is 5.54 Å². The molecule has 60 valence electrons. The summed E-state index contributed by atoms with van der Waals surface area (Å²) in [6.45, 7) is 3.02. The number of ether oxygens (including phenoxy) is 1. The minimum absolute atomic E-state index is 0.191. The van der Waals surface area contributed by atoms with E-state index in [-0.39, 0.29) is 6.42 Å². The third kappa shape index (κ3) is 5.50. The van der Waals surface area contributed by atoms with Crippen LogP contribution in [-0.4, -0.2) is 19.1 Å². The van der Waals surface area contributed by atoms with Gasteiger partial charge in [0.25, 0.3) is 0 Å². The van der Waals surface area contributed by atoms with Crippen molar-refractivity contribution in [1.82, 2.24) is 5.54 Å². The van der Waals surface area contributed by atoms with Crippen LogP contribution in [-0.2, 0) is 9.53 Å². The number of nitrogens with one attached hydrogen (secondary N) is 1. The topological polar surface area (TPSA) is 38.3 Å². The maximum atomic E-state index is 11.3. The summed E-state index contributed by atoms with van der Waals surface area (Å²) >= 11 is 0. The lowest BCUT2D eigenvalue weighted by Gasteiger charge is -1.97. The second kappa shape index (κ2) is 6.48. The lowest BCUT2D eigenvalue weighted by Crippen LogP contribution is -2.13. The minimum atomic E-state index is -0.584. The Morgan fingerprint density at radius 1 is 1.70 bits per heavy atom. The number of hydrogen-bond donors (Lipinski definition) is 1. The first kappa shape index (κ1) is 9.36. The lowest BCUT2D eigenvalue weighted by molar-refractivity contribution is -0.125. The zero-order valence-electron chi connectivity index (χ0n) is 6.02. The summed E-state index contributed by atoms with van der Waals surface area (Å²) < 4.78 is 16.2. The fraction of sp³-hybridized carbons (Fsp3) is 0.833. The molecule has 1 amide bonds. The van der Waals surface area contributed by atoms with E-state index < -0.39 is 5.91 Å². The smallest absolute Gasteiger partial charge is 0.247 e. The molecule has 0 saturated carbocycles. The standard InChI is InChI=1S/C6H12FNO2/c1-2-10-5-3-4-6(9)8-7/h2-5H2,1H3,(H,8,9). The molecule has 10 heavy (non-hydrogen) atoms. The van der Waals surface area contributed by atoms with Gasteiger partial charge in [0.2, 0.25) is 5.91 Å². The summed E-state index contributed by atoms with van der Waals surface area (Å²) in [5.74, 6) is -0.584. The van der Waals surface area contributed by atoms with Crippen LogP contribution in [0.4, 0.5) is 4.48 Å². The fourth-order valence-electron chi connectivity index (χ4n) is 0.526.